The number of fused-ring (bicyclic) bond motifs is 1. The third-order valence-corrected chi connectivity index (χ3v) is 6.11. The molecule has 1 unspecified atom stereocenters. The van der Waals surface area contributed by atoms with Gasteiger partial charge in [0.2, 0.25) is 15.9 Å². The van der Waals surface area contributed by atoms with Crippen molar-refractivity contribution in [1.82, 2.24) is 9.21 Å². The lowest BCUT2D eigenvalue weighted by atomic mass is 10.1. The standard InChI is InChI=1S/C14H17FN2O3S/c1-10-8-12-9-16(6-7-17(12)14(10)18)21(19,20)13-4-2-11(15)3-5-13/h2-5,10,12H,6-9H2,1H3/t10-,12?/m1/s1. The van der Waals surface area contributed by atoms with Crippen LogP contribution in [-0.4, -0.2) is 49.2 Å². The summed E-state index contributed by atoms with van der Waals surface area (Å²) in [6.07, 6.45) is 0.689. The Morgan fingerprint density at radius 2 is 1.86 bits per heavy atom. The fourth-order valence-corrected chi connectivity index (χ4v) is 4.55. The van der Waals surface area contributed by atoms with Gasteiger partial charge in [0.25, 0.3) is 0 Å². The number of amides is 1. The second kappa shape index (κ2) is 5.06. The normalized spacial score (nSPS) is 27.0. The van der Waals surface area contributed by atoms with Crippen molar-refractivity contribution in [2.75, 3.05) is 19.6 Å². The molecule has 7 heteroatoms. The average Bonchev–Trinajstić information content (AvgIpc) is 2.74. The van der Waals surface area contributed by atoms with E-state index in [1.807, 2.05) is 6.92 Å². The van der Waals surface area contributed by atoms with Crippen LogP contribution in [-0.2, 0) is 14.8 Å². The summed E-state index contributed by atoms with van der Waals surface area (Å²) in [7, 11) is -3.62. The molecule has 2 saturated heterocycles. The summed E-state index contributed by atoms with van der Waals surface area (Å²) in [4.78, 5) is 13.8. The molecule has 0 N–H and O–H groups in total. The van der Waals surface area contributed by atoms with E-state index in [0.717, 1.165) is 12.1 Å². The van der Waals surface area contributed by atoms with Crippen LogP contribution in [0.4, 0.5) is 4.39 Å². The number of sulfonamides is 1. The molecule has 1 aromatic carbocycles. The first-order chi connectivity index (χ1) is 9.89. The van der Waals surface area contributed by atoms with Crippen molar-refractivity contribution in [1.29, 1.82) is 0 Å². The highest BCUT2D eigenvalue weighted by Gasteiger charge is 2.42. The van der Waals surface area contributed by atoms with Crippen LogP contribution < -0.4 is 0 Å². The van der Waals surface area contributed by atoms with E-state index >= 15 is 0 Å². The minimum Gasteiger partial charge on any atom is -0.337 e. The van der Waals surface area contributed by atoms with Crippen molar-refractivity contribution in [2.24, 2.45) is 5.92 Å². The van der Waals surface area contributed by atoms with E-state index in [0.29, 0.717) is 19.5 Å². The van der Waals surface area contributed by atoms with Gasteiger partial charge in [-0.3, -0.25) is 4.79 Å². The van der Waals surface area contributed by atoms with Gasteiger partial charge in [0.1, 0.15) is 5.82 Å². The Balaban J connectivity index is 1.82. The average molecular weight is 312 g/mol. The number of rotatable bonds is 2. The molecule has 0 aliphatic carbocycles. The van der Waals surface area contributed by atoms with Gasteiger partial charge in [0.15, 0.2) is 0 Å². The van der Waals surface area contributed by atoms with Gasteiger partial charge >= 0.3 is 0 Å². The van der Waals surface area contributed by atoms with Gasteiger partial charge in [0, 0.05) is 31.6 Å². The predicted octanol–water partition coefficient (Wildman–Crippen LogP) is 1.07. The Morgan fingerprint density at radius 1 is 1.19 bits per heavy atom. The molecule has 0 aromatic heterocycles. The maximum Gasteiger partial charge on any atom is 0.243 e. The molecular weight excluding hydrogens is 295 g/mol. The molecule has 0 saturated carbocycles. The quantitative estimate of drug-likeness (QED) is 0.821. The Bertz CT molecular complexity index is 659. The van der Waals surface area contributed by atoms with E-state index < -0.39 is 15.8 Å². The molecule has 2 aliphatic heterocycles. The number of benzene rings is 1. The molecule has 2 heterocycles. The van der Waals surface area contributed by atoms with Gasteiger partial charge < -0.3 is 4.90 Å². The number of carbonyl (C=O) groups is 1. The number of hydrogen-bond acceptors (Lipinski definition) is 3. The lowest BCUT2D eigenvalue weighted by Crippen LogP contribution is -2.53. The molecule has 2 atom stereocenters. The highest BCUT2D eigenvalue weighted by molar-refractivity contribution is 7.89. The topological polar surface area (TPSA) is 57.7 Å². The monoisotopic (exact) mass is 312 g/mol. The number of carbonyl (C=O) groups excluding carboxylic acids is 1. The van der Waals surface area contributed by atoms with Gasteiger partial charge in [-0.1, -0.05) is 6.92 Å². The fraction of sp³-hybridized carbons (Fsp3) is 0.500. The van der Waals surface area contributed by atoms with E-state index in [1.54, 1.807) is 4.90 Å². The van der Waals surface area contributed by atoms with E-state index in [4.69, 9.17) is 0 Å². The first kappa shape index (κ1) is 14.5. The van der Waals surface area contributed by atoms with Crippen LogP contribution in [0.5, 0.6) is 0 Å². The summed E-state index contributed by atoms with van der Waals surface area (Å²) in [6, 6.07) is 4.80. The van der Waals surface area contributed by atoms with Crippen molar-refractivity contribution in [2.45, 2.75) is 24.3 Å². The summed E-state index contributed by atoms with van der Waals surface area (Å²) in [5, 5.41) is 0. The summed E-state index contributed by atoms with van der Waals surface area (Å²) < 4.78 is 39.4. The molecule has 3 rings (SSSR count). The molecule has 1 aromatic rings. The molecule has 5 nitrogen and oxygen atoms in total. The first-order valence-corrected chi connectivity index (χ1v) is 8.40. The predicted molar refractivity (Wildman–Crippen MR) is 74.4 cm³/mol. The Labute approximate surface area is 123 Å². The second-order valence-electron chi connectivity index (χ2n) is 5.64. The zero-order chi connectivity index (χ0) is 15.2. The molecule has 1 amide bonds. The summed E-state index contributed by atoms with van der Waals surface area (Å²) in [5.74, 6) is -0.392. The Kier molecular flexibility index (Phi) is 3.49. The van der Waals surface area contributed by atoms with Crippen LogP contribution >= 0.6 is 0 Å². The van der Waals surface area contributed by atoms with Gasteiger partial charge in [0.05, 0.1) is 4.90 Å². The van der Waals surface area contributed by atoms with Crippen LogP contribution in [0.1, 0.15) is 13.3 Å². The van der Waals surface area contributed by atoms with Gasteiger partial charge in [-0.2, -0.15) is 4.31 Å². The van der Waals surface area contributed by atoms with Crippen molar-refractivity contribution in [3.63, 3.8) is 0 Å². The van der Waals surface area contributed by atoms with E-state index in [9.17, 15) is 17.6 Å². The van der Waals surface area contributed by atoms with E-state index in [2.05, 4.69) is 0 Å². The van der Waals surface area contributed by atoms with Crippen LogP contribution in [0.2, 0.25) is 0 Å². The summed E-state index contributed by atoms with van der Waals surface area (Å²) >= 11 is 0. The summed E-state index contributed by atoms with van der Waals surface area (Å²) in [6.45, 7) is 2.90. The zero-order valence-electron chi connectivity index (χ0n) is 11.7. The molecule has 21 heavy (non-hydrogen) atoms. The lowest BCUT2D eigenvalue weighted by molar-refractivity contribution is -0.132. The fourth-order valence-electron chi connectivity index (χ4n) is 3.08. The number of piperazine rings is 1. The summed E-state index contributed by atoms with van der Waals surface area (Å²) in [5.41, 5.74) is 0. The molecule has 114 valence electrons. The van der Waals surface area contributed by atoms with Crippen molar-refractivity contribution < 1.29 is 17.6 Å². The number of hydrogen-bond donors (Lipinski definition) is 0. The Morgan fingerprint density at radius 3 is 2.52 bits per heavy atom. The maximum atomic E-state index is 12.9. The van der Waals surface area contributed by atoms with Gasteiger partial charge in [-0.25, -0.2) is 12.8 Å². The largest absolute Gasteiger partial charge is 0.337 e. The highest BCUT2D eigenvalue weighted by Crippen LogP contribution is 2.29. The van der Waals surface area contributed by atoms with Crippen LogP contribution in [0.3, 0.4) is 0 Å². The molecule has 0 radical (unpaired) electrons. The minimum absolute atomic E-state index is 0.0384. The molecule has 2 fully saturated rings. The number of halogens is 1. The first-order valence-electron chi connectivity index (χ1n) is 6.96. The van der Waals surface area contributed by atoms with Crippen molar-refractivity contribution in [3.05, 3.63) is 30.1 Å². The molecule has 0 spiro atoms. The zero-order valence-corrected chi connectivity index (χ0v) is 12.5. The minimum atomic E-state index is -3.62. The molecule has 0 bridgehead atoms. The van der Waals surface area contributed by atoms with Gasteiger partial charge in [-0.05, 0) is 30.7 Å². The maximum absolute atomic E-state index is 12.9. The third-order valence-electron chi connectivity index (χ3n) is 4.23. The van der Waals surface area contributed by atoms with Crippen molar-refractivity contribution >= 4 is 15.9 Å². The SMILES string of the molecule is C[C@@H]1CC2CN(S(=O)(=O)c3ccc(F)cc3)CCN2C1=O. The molecule has 2 aliphatic rings. The smallest absolute Gasteiger partial charge is 0.243 e. The van der Waals surface area contributed by atoms with Gasteiger partial charge in [-0.15, -0.1) is 0 Å². The van der Waals surface area contributed by atoms with Crippen LogP contribution in [0.25, 0.3) is 0 Å². The van der Waals surface area contributed by atoms with E-state index in [-0.39, 0.29) is 29.3 Å². The highest BCUT2D eigenvalue weighted by atomic mass is 32.2. The van der Waals surface area contributed by atoms with Crippen LogP contribution in [0, 0.1) is 11.7 Å². The molecular formula is C14H17FN2O3S. The third kappa shape index (κ3) is 2.44. The van der Waals surface area contributed by atoms with E-state index in [1.165, 1.54) is 16.4 Å². The van der Waals surface area contributed by atoms with Crippen molar-refractivity contribution in [3.8, 4) is 0 Å². The lowest BCUT2D eigenvalue weighted by Gasteiger charge is -2.36. The second-order valence-corrected chi connectivity index (χ2v) is 7.58. The van der Waals surface area contributed by atoms with Crippen LogP contribution in [0.15, 0.2) is 29.2 Å². The number of nitrogens with zero attached hydrogens (tertiary/aromatic N) is 2. The Hall–Kier alpha value is -1.47.